The normalized spacial score (nSPS) is 17.8. The maximum atomic E-state index is 14.3. The van der Waals surface area contributed by atoms with E-state index < -0.39 is 12.1 Å². The summed E-state index contributed by atoms with van der Waals surface area (Å²) in [4.78, 5) is 37.0. The van der Waals surface area contributed by atoms with Crippen LogP contribution in [0.5, 0.6) is 0 Å². The Balaban J connectivity index is 1.35. The molecule has 1 fully saturated rings. The summed E-state index contributed by atoms with van der Waals surface area (Å²) in [6, 6.07) is 19.1. The molecule has 8 nitrogen and oxygen atoms in total. The van der Waals surface area contributed by atoms with Crippen molar-refractivity contribution in [2.75, 3.05) is 25.0 Å². The summed E-state index contributed by atoms with van der Waals surface area (Å²) < 4.78 is 0. The van der Waals surface area contributed by atoms with Gasteiger partial charge in [-0.1, -0.05) is 86.7 Å². The number of rotatable bonds is 14. The molecule has 1 aromatic heterocycles. The highest BCUT2D eigenvalue weighted by Gasteiger charge is 2.41. The fraction of sp³-hybridized carbons (Fsp3) is 0.439. The van der Waals surface area contributed by atoms with Crippen LogP contribution in [0.2, 0.25) is 0 Å². The Labute approximate surface area is 301 Å². The number of hydrogen-bond donors (Lipinski definition) is 3. The first-order chi connectivity index (χ1) is 24.0. The van der Waals surface area contributed by atoms with E-state index in [9.17, 15) is 9.59 Å². The van der Waals surface area contributed by atoms with Crippen molar-refractivity contribution in [2.24, 2.45) is 17.4 Å². The summed E-state index contributed by atoms with van der Waals surface area (Å²) in [5.74, 6) is 0.212. The van der Waals surface area contributed by atoms with E-state index >= 15 is 0 Å². The highest BCUT2D eigenvalue weighted by Crippen LogP contribution is 2.27. The first kappa shape index (κ1) is 37.2. The number of aromatic nitrogens is 1. The number of piperazine rings is 1. The molecule has 2 heterocycles. The average molecular weight is 695 g/mol. The Morgan fingerprint density at radius 1 is 0.920 bits per heavy atom. The van der Waals surface area contributed by atoms with Gasteiger partial charge in [0.05, 0.1) is 17.8 Å². The number of benzene rings is 3. The lowest BCUT2D eigenvalue weighted by molar-refractivity contribution is -0.149. The number of fused-ring (bicyclic) bond motifs is 1. The van der Waals surface area contributed by atoms with Gasteiger partial charge in [0.15, 0.2) is 5.13 Å². The first-order valence-corrected chi connectivity index (χ1v) is 18.9. The SMILES string of the molecule is C/C=C\c1cc(CC(N)C(=O)N2CC(CCCNc3nc(C)cs3)N(C(=O)C(N)Cc3ccc4ccccc4c3)C[C@H]2CC(C)C)ccc1C. The third-order valence-corrected chi connectivity index (χ3v) is 10.6. The Bertz CT molecular complexity index is 1780. The van der Waals surface area contributed by atoms with Gasteiger partial charge in [0.2, 0.25) is 11.8 Å². The van der Waals surface area contributed by atoms with Crippen LogP contribution in [0.25, 0.3) is 16.8 Å². The zero-order valence-corrected chi connectivity index (χ0v) is 31.1. The smallest absolute Gasteiger partial charge is 0.240 e. The predicted molar refractivity (Wildman–Crippen MR) is 208 cm³/mol. The Kier molecular flexibility index (Phi) is 12.8. The van der Waals surface area contributed by atoms with Gasteiger partial charge in [0, 0.05) is 37.1 Å². The molecule has 1 saturated heterocycles. The molecule has 0 aliphatic carbocycles. The summed E-state index contributed by atoms with van der Waals surface area (Å²) in [6.45, 7) is 12.0. The molecule has 4 atom stereocenters. The molecule has 9 heteroatoms. The molecule has 3 aromatic carbocycles. The van der Waals surface area contributed by atoms with Crippen LogP contribution in [0, 0.1) is 19.8 Å². The second-order valence-electron chi connectivity index (χ2n) is 14.3. The lowest BCUT2D eigenvalue weighted by Crippen LogP contribution is -2.65. The number of thiazole rings is 1. The molecule has 1 aliphatic heterocycles. The fourth-order valence-electron chi connectivity index (χ4n) is 7.10. The molecule has 3 unspecified atom stereocenters. The number of aryl methyl sites for hydroxylation is 2. The Hall–Kier alpha value is -4.05. The molecular weight excluding hydrogens is 641 g/mol. The molecule has 0 saturated carbocycles. The van der Waals surface area contributed by atoms with Crippen molar-refractivity contribution >= 4 is 45.1 Å². The minimum Gasteiger partial charge on any atom is -0.362 e. The minimum absolute atomic E-state index is 0.0576. The van der Waals surface area contributed by atoms with Gasteiger partial charge in [0.25, 0.3) is 0 Å². The summed E-state index contributed by atoms with van der Waals surface area (Å²) in [5.41, 5.74) is 18.8. The molecule has 0 spiro atoms. The zero-order valence-electron chi connectivity index (χ0n) is 30.3. The molecule has 2 amide bonds. The predicted octanol–water partition coefficient (Wildman–Crippen LogP) is 6.73. The van der Waals surface area contributed by atoms with Gasteiger partial charge in [-0.15, -0.1) is 11.3 Å². The van der Waals surface area contributed by atoms with Gasteiger partial charge in [-0.05, 0) is 91.8 Å². The van der Waals surface area contributed by atoms with Crippen molar-refractivity contribution in [3.8, 4) is 0 Å². The third kappa shape index (κ3) is 9.59. The minimum atomic E-state index is -0.688. The van der Waals surface area contributed by atoms with Crippen molar-refractivity contribution < 1.29 is 9.59 Å². The van der Waals surface area contributed by atoms with E-state index in [0.29, 0.717) is 31.8 Å². The van der Waals surface area contributed by atoms with Crippen LogP contribution in [0.1, 0.15) is 68.0 Å². The zero-order chi connectivity index (χ0) is 35.8. The van der Waals surface area contributed by atoms with Crippen LogP contribution in [0.3, 0.4) is 0 Å². The number of amides is 2. The maximum Gasteiger partial charge on any atom is 0.240 e. The molecule has 50 heavy (non-hydrogen) atoms. The highest BCUT2D eigenvalue weighted by molar-refractivity contribution is 7.13. The molecule has 0 bridgehead atoms. The number of nitrogens with two attached hydrogens (primary N) is 2. The van der Waals surface area contributed by atoms with Gasteiger partial charge in [0.1, 0.15) is 0 Å². The third-order valence-electron chi connectivity index (χ3n) is 9.66. The molecular formula is C41H54N6O2S. The van der Waals surface area contributed by atoms with Gasteiger partial charge in [-0.2, -0.15) is 0 Å². The molecule has 266 valence electrons. The van der Waals surface area contributed by atoms with Crippen molar-refractivity contribution in [1.82, 2.24) is 14.8 Å². The Morgan fingerprint density at radius 2 is 1.56 bits per heavy atom. The van der Waals surface area contributed by atoms with Crippen molar-refractivity contribution in [1.29, 1.82) is 0 Å². The molecule has 4 aromatic rings. The largest absolute Gasteiger partial charge is 0.362 e. The number of carbonyl (C=O) groups is 2. The molecule has 0 radical (unpaired) electrons. The van der Waals surface area contributed by atoms with Crippen LogP contribution in [-0.4, -0.2) is 70.4 Å². The van der Waals surface area contributed by atoms with Crippen molar-refractivity contribution in [3.63, 3.8) is 0 Å². The van der Waals surface area contributed by atoms with E-state index in [2.05, 4.69) is 85.7 Å². The van der Waals surface area contributed by atoms with Crippen LogP contribution in [0.15, 0.2) is 72.1 Å². The second kappa shape index (κ2) is 17.2. The average Bonchev–Trinajstić information content (AvgIpc) is 3.52. The van der Waals surface area contributed by atoms with E-state index in [1.54, 1.807) is 11.3 Å². The van der Waals surface area contributed by atoms with E-state index in [4.69, 9.17) is 11.5 Å². The highest BCUT2D eigenvalue weighted by atomic mass is 32.1. The number of carbonyl (C=O) groups excluding carboxylic acids is 2. The quantitative estimate of drug-likeness (QED) is 0.126. The topological polar surface area (TPSA) is 118 Å². The van der Waals surface area contributed by atoms with E-state index in [-0.39, 0.29) is 23.9 Å². The number of hydrogen-bond acceptors (Lipinski definition) is 7. The lowest BCUT2D eigenvalue weighted by Gasteiger charge is -2.48. The lowest BCUT2D eigenvalue weighted by atomic mass is 9.93. The van der Waals surface area contributed by atoms with Gasteiger partial charge in [-0.25, -0.2) is 4.98 Å². The van der Waals surface area contributed by atoms with E-state index in [1.807, 2.05) is 47.2 Å². The van der Waals surface area contributed by atoms with Crippen LogP contribution < -0.4 is 16.8 Å². The molecule has 5 rings (SSSR count). The monoisotopic (exact) mass is 694 g/mol. The van der Waals surface area contributed by atoms with Gasteiger partial charge < -0.3 is 26.6 Å². The van der Waals surface area contributed by atoms with Crippen LogP contribution in [-0.2, 0) is 22.4 Å². The number of anilines is 1. The number of allylic oxidation sites excluding steroid dienone is 1. The summed E-state index contributed by atoms with van der Waals surface area (Å²) in [7, 11) is 0. The van der Waals surface area contributed by atoms with E-state index in [0.717, 1.165) is 64.1 Å². The van der Waals surface area contributed by atoms with Crippen LogP contribution >= 0.6 is 11.3 Å². The summed E-state index contributed by atoms with van der Waals surface area (Å²) >= 11 is 1.59. The molecule has 5 N–H and O–H groups in total. The first-order valence-electron chi connectivity index (χ1n) is 18.0. The summed E-state index contributed by atoms with van der Waals surface area (Å²) in [6.07, 6.45) is 7.32. The summed E-state index contributed by atoms with van der Waals surface area (Å²) in [5, 5.41) is 8.64. The van der Waals surface area contributed by atoms with Crippen molar-refractivity contribution in [3.05, 3.63) is 100 Å². The molecule has 1 aliphatic rings. The Morgan fingerprint density at radius 3 is 2.22 bits per heavy atom. The van der Waals surface area contributed by atoms with E-state index in [1.165, 1.54) is 5.56 Å². The fourth-order valence-corrected chi connectivity index (χ4v) is 7.82. The standard InChI is InChI=1S/C41H54N6O2S/c1-6-10-33-20-30(15-14-28(33)4)22-38(43)40(49)47-24-35(13-9-18-44-41-45-29(5)26-50-41)46(25-36(47)19-27(2)3)39(48)37(42)23-31-16-17-32-11-7-8-12-34(32)21-31/h6-8,10-12,14-17,20-21,26-27,35-38H,9,13,18-19,22-25,42-43H2,1-5H3,(H,44,45)/b10-6-/t35?,36-,37?,38?/m1/s1. The second-order valence-corrected chi connectivity index (χ2v) is 15.1. The maximum absolute atomic E-state index is 14.3. The van der Waals surface area contributed by atoms with Gasteiger partial charge >= 0.3 is 0 Å². The van der Waals surface area contributed by atoms with Gasteiger partial charge in [-0.3, -0.25) is 9.59 Å². The van der Waals surface area contributed by atoms with Crippen LogP contribution in [0.4, 0.5) is 5.13 Å². The number of nitrogens with zero attached hydrogens (tertiary/aromatic N) is 3. The van der Waals surface area contributed by atoms with Crippen molar-refractivity contribution in [2.45, 2.75) is 90.9 Å². The number of nitrogens with one attached hydrogen (secondary N) is 1.